The Bertz CT molecular complexity index is 473. The molecule has 0 atom stereocenters. The average molecular weight is 265 g/mol. The number of rotatable bonds is 1. The number of anilines is 1. The lowest BCUT2D eigenvalue weighted by Crippen LogP contribution is -2.46. The second kappa shape index (κ2) is 4.80. The number of hydrogen-bond donors (Lipinski definition) is 1. The van der Waals surface area contributed by atoms with Crippen molar-refractivity contribution in [1.82, 2.24) is 9.88 Å². The van der Waals surface area contributed by atoms with Gasteiger partial charge >= 0.3 is 0 Å². The Hall–Kier alpha value is -1.23. The van der Waals surface area contributed by atoms with Crippen molar-refractivity contribution in [2.24, 2.45) is 0 Å². The van der Waals surface area contributed by atoms with Crippen molar-refractivity contribution in [1.29, 1.82) is 0 Å². The maximum atomic E-state index is 12.4. The number of hydrogen-bond acceptors (Lipinski definition) is 4. The first-order valence-corrected chi connectivity index (χ1v) is 7.03. The van der Waals surface area contributed by atoms with Gasteiger partial charge in [0.15, 0.2) is 0 Å². The maximum absolute atomic E-state index is 12.4. The van der Waals surface area contributed by atoms with E-state index in [1.165, 1.54) is 0 Å². The largest absolute Gasteiger partial charge is 0.398 e. The number of thioether (sulfide) groups is 1. The topological polar surface area (TPSA) is 59.2 Å². The zero-order chi connectivity index (χ0) is 13.3. The van der Waals surface area contributed by atoms with E-state index in [9.17, 15) is 4.79 Å². The van der Waals surface area contributed by atoms with Gasteiger partial charge in [-0.1, -0.05) is 0 Å². The smallest absolute Gasteiger partial charge is 0.257 e. The fourth-order valence-corrected chi connectivity index (χ4v) is 3.23. The maximum Gasteiger partial charge on any atom is 0.257 e. The summed E-state index contributed by atoms with van der Waals surface area (Å²) < 4.78 is 0.112. The van der Waals surface area contributed by atoms with Gasteiger partial charge < -0.3 is 10.6 Å². The number of aryl methyl sites for hydroxylation is 1. The second-order valence-corrected chi connectivity index (χ2v) is 7.05. The molecule has 0 spiro atoms. The molecule has 2 N–H and O–H groups in total. The molecule has 1 saturated heterocycles. The third-order valence-electron chi connectivity index (χ3n) is 3.02. The summed E-state index contributed by atoms with van der Waals surface area (Å²) >= 11 is 1.90. The van der Waals surface area contributed by atoms with Crippen LogP contribution in [0.3, 0.4) is 0 Å². The molecule has 98 valence electrons. The van der Waals surface area contributed by atoms with Crippen LogP contribution in [0.25, 0.3) is 0 Å². The summed E-state index contributed by atoms with van der Waals surface area (Å²) in [6.45, 7) is 7.72. The number of nitrogen functional groups attached to an aromatic ring is 1. The van der Waals surface area contributed by atoms with Gasteiger partial charge in [-0.05, 0) is 26.8 Å². The second-order valence-electron chi connectivity index (χ2n) is 5.25. The number of amides is 1. The molecule has 4 nitrogen and oxygen atoms in total. The standard InChI is InChI=1S/C13H19N3OS/c1-9-6-11(14)10(7-15-9)12(17)16-4-5-18-13(2,3)8-16/h6-7H,4-5,8H2,1-3H3,(H2,14,15). The summed E-state index contributed by atoms with van der Waals surface area (Å²) in [7, 11) is 0. The molecular formula is C13H19N3OS. The van der Waals surface area contributed by atoms with E-state index in [2.05, 4.69) is 18.8 Å². The number of aromatic nitrogens is 1. The molecule has 5 heteroatoms. The van der Waals surface area contributed by atoms with E-state index >= 15 is 0 Å². The van der Waals surface area contributed by atoms with Crippen molar-refractivity contribution < 1.29 is 4.79 Å². The first kappa shape index (κ1) is 13.2. The SMILES string of the molecule is Cc1cc(N)c(C(=O)N2CCSC(C)(C)C2)cn1. The Morgan fingerprint density at radius 1 is 1.56 bits per heavy atom. The normalized spacial score (nSPS) is 18.7. The third-order valence-corrected chi connectivity index (χ3v) is 4.31. The van der Waals surface area contributed by atoms with Crippen molar-refractivity contribution in [3.8, 4) is 0 Å². The zero-order valence-electron chi connectivity index (χ0n) is 11.1. The van der Waals surface area contributed by atoms with Gasteiger partial charge in [0.2, 0.25) is 0 Å². The number of nitrogens with two attached hydrogens (primary N) is 1. The van der Waals surface area contributed by atoms with Crippen molar-refractivity contribution in [2.75, 3.05) is 24.6 Å². The van der Waals surface area contributed by atoms with E-state index in [4.69, 9.17) is 5.73 Å². The summed E-state index contributed by atoms with van der Waals surface area (Å²) in [5, 5.41) is 0. The monoisotopic (exact) mass is 265 g/mol. The van der Waals surface area contributed by atoms with Crippen LogP contribution in [0.4, 0.5) is 5.69 Å². The highest BCUT2D eigenvalue weighted by Crippen LogP contribution is 2.30. The van der Waals surface area contributed by atoms with E-state index in [1.54, 1.807) is 12.3 Å². The van der Waals surface area contributed by atoms with Crippen LogP contribution in [0.5, 0.6) is 0 Å². The summed E-state index contributed by atoms with van der Waals surface area (Å²) in [4.78, 5) is 18.5. The van der Waals surface area contributed by atoms with E-state index < -0.39 is 0 Å². The van der Waals surface area contributed by atoms with Crippen LogP contribution in [0.15, 0.2) is 12.3 Å². The molecule has 1 fully saturated rings. The van der Waals surface area contributed by atoms with Gasteiger partial charge in [-0.2, -0.15) is 11.8 Å². The number of carbonyl (C=O) groups is 1. The molecule has 0 saturated carbocycles. The van der Waals surface area contributed by atoms with Gasteiger partial charge in [0.1, 0.15) is 0 Å². The molecule has 0 aromatic carbocycles. The van der Waals surface area contributed by atoms with Crippen LogP contribution in [0, 0.1) is 6.92 Å². The van der Waals surface area contributed by atoms with Crippen LogP contribution >= 0.6 is 11.8 Å². The van der Waals surface area contributed by atoms with Gasteiger partial charge in [0.25, 0.3) is 5.91 Å². The lowest BCUT2D eigenvalue weighted by Gasteiger charge is -2.37. The molecule has 1 aromatic rings. The fraction of sp³-hybridized carbons (Fsp3) is 0.538. The first-order chi connectivity index (χ1) is 8.39. The summed E-state index contributed by atoms with van der Waals surface area (Å²) in [5.41, 5.74) is 7.77. The molecule has 1 amide bonds. The Morgan fingerprint density at radius 2 is 2.28 bits per heavy atom. The lowest BCUT2D eigenvalue weighted by molar-refractivity contribution is 0.0748. The van der Waals surface area contributed by atoms with E-state index in [-0.39, 0.29) is 10.7 Å². The highest BCUT2D eigenvalue weighted by Gasteiger charge is 2.30. The third kappa shape index (κ3) is 2.77. The van der Waals surface area contributed by atoms with Crippen LogP contribution in [0.1, 0.15) is 29.9 Å². The van der Waals surface area contributed by atoms with Gasteiger partial charge in [-0.3, -0.25) is 9.78 Å². The van der Waals surface area contributed by atoms with Gasteiger partial charge in [-0.15, -0.1) is 0 Å². The molecule has 2 rings (SSSR count). The molecule has 1 aliphatic heterocycles. The number of pyridine rings is 1. The summed E-state index contributed by atoms with van der Waals surface area (Å²) in [6.07, 6.45) is 1.59. The van der Waals surface area contributed by atoms with E-state index in [1.807, 2.05) is 23.6 Å². The van der Waals surface area contributed by atoms with Gasteiger partial charge in [-0.25, -0.2) is 0 Å². The Kier molecular flexibility index (Phi) is 3.52. The van der Waals surface area contributed by atoms with Crippen LogP contribution in [0.2, 0.25) is 0 Å². The summed E-state index contributed by atoms with van der Waals surface area (Å²) in [6, 6.07) is 1.75. The first-order valence-electron chi connectivity index (χ1n) is 6.04. The lowest BCUT2D eigenvalue weighted by atomic mass is 10.1. The van der Waals surface area contributed by atoms with Crippen molar-refractivity contribution in [3.63, 3.8) is 0 Å². The van der Waals surface area contributed by atoms with Gasteiger partial charge in [0, 0.05) is 41.2 Å². The van der Waals surface area contributed by atoms with Crippen molar-refractivity contribution in [3.05, 3.63) is 23.5 Å². The fourth-order valence-electron chi connectivity index (χ4n) is 2.12. The highest BCUT2D eigenvalue weighted by molar-refractivity contribution is 8.00. The Labute approximate surface area is 112 Å². The molecule has 18 heavy (non-hydrogen) atoms. The van der Waals surface area contributed by atoms with Crippen LogP contribution < -0.4 is 5.73 Å². The molecule has 0 aliphatic carbocycles. The molecule has 2 heterocycles. The van der Waals surface area contributed by atoms with Crippen LogP contribution in [-0.2, 0) is 0 Å². The number of carbonyl (C=O) groups excluding carboxylic acids is 1. The zero-order valence-corrected chi connectivity index (χ0v) is 11.9. The Balaban J connectivity index is 2.20. The quantitative estimate of drug-likeness (QED) is 0.843. The minimum Gasteiger partial charge on any atom is -0.398 e. The van der Waals surface area contributed by atoms with E-state index in [0.717, 1.165) is 24.5 Å². The van der Waals surface area contributed by atoms with Crippen LogP contribution in [-0.4, -0.2) is 39.4 Å². The molecule has 0 radical (unpaired) electrons. The summed E-state index contributed by atoms with van der Waals surface area (Å²) in [5.74, 6) is 0.964. The van der Waals surface area contributed by atoms with Crippen molar-refractivity contribution >= 4 is 23.4 Å². The predicted octanol–water partition coefficient (Wildman–Crippen LogP) is 1.94. The molecule has 1 aliphatic rings. The van der Waals surface area contributed by atoms with Gasteiger partial charge in [0.05, 0.1) is 5.56 Å². The molecule has 0 unspecified atom stereocenters. The Morgan fingerprint density at radius 3 is 2.89 bits per heavy atom. The average Bonchev–Trinajstić information content (AvgIpc) is 2.27. The molecular weight excluding hydrogens is 246 g/mol. The van der Waals surface area contributed by atoms with E-state index in [0.29, 0.717) is 11.3 Å². The molecule has 1 aromatic heterocycles. The highest BCUT2D eigenvalue weighted by atomic mass is 32.2. The minimum absolute atomic E-state index is 0.00613. The molecule has 0 bridgehead atoms. The van der Waals surface area contributed by atoms with Crippen molar-refractivity contribution in [2.45, 2.75) is 25.5 Å². The minimum atomic E-state index is -0.00613. The number of nitrogens with zero attached hydrogens (tertiary/aromatic N) is 2. The predicted molar refractivity (Wildman–Crippen MR) is 75.8 cm³/mol.